The Kier molecular flexibility index (Phi) is 6.42. The summed E-state index contributed by atoms with van der Waals surface area (Å²) in [6, 6.07) is 1.38. The zero-order chi connectivity index (χ0) is 21.2. The van der Waals surface area contributed by atoms with Gasteiger partial charge in [-0.3, -0.25) is 0 Å². The molecule has 10 heteroatoms. The molecule has 1 atom stereocenters. The van der Waals surface area contributed by atoms with Crippen LogP contribution >= 0.6 is 0 Å². The molecule has 0 bridgehead atoms. The molecule has 29 heavy (non-hydrogen) atoms. The number of alkyl halides is 3. The lowest BCUT2D eigenvalue weighted by molar-refractivity contribution is -0.133. The molecule has 0 saturated carbocycles. The summed E-state index contributed by atoms with van der Waals surface area (Å²) in [7, 11) is -4.03. The van der Waals surface area contributed by atoms with Gasteiger partial charge in [0, 0.05) is 18.8 Å². The van der Waals surface area contributed by atoms with E-state index < -0.39 is 33.9 Å². The Balaban J connectivity index is 1.61. The number of carbonyl (C=O) groups is 1. The second-order valence-corrected chi connectivity index (χ2v) is 9.81. The summed E-state index contributed by atoms with van der Waals surface area (Å²) in [5.41, 5.74) is 5.33. The molecule has 0 aliphatic heterocycles. The van der Waals surface area contributed by atoms with Crippen LogP contribution in [-0.4, -0.2) is 39.0 Å². The van der Waals surface area contributed by atoms with Crippen LogP contribution in [0.5, 0.6) is 0 Å². The van der Waals surface area contributed by atoms with Gasteiger partial charge in [0.2, 0.25) is 10.0 Å². The van der Waals surface area contributed by atoms with Gasteiger partial charge < -0.3 is 10.6 Å². The van der Waals surface area contributed by atoms with Gasteiger partial charge in [0.25, 0.3) is 0 Å². The van der Waals surface area contributed by atoms with E-state index in [0.717, 1.165) is 55.3 Å². The normalized spacial score (nSPS) is 17.0. The minimum atomic E-state index is -4.30. The summed E-state index contributed by atoms with van der Waals surface area (Å²) >= 11 is 0. The van der Waals surface area contributed by atoms with Gasteiger partial charge in [-0.25, -0.2) is 17.9 Å². The molecule has 0 saturated heterocycles. The average Bonchev–Trinajstić information content (AvgIpc) is 3.25. The fourth-order valence-corrected chi connectivity index (χ4v) is 4.83. The van der Waals surface area contributed by atoms with Gasteiger partial charge in [0.05, 0.1) is 11.7 Å². The molecule has 0 aromatic heterocycles. The fourth-order valence-electron chi connectivity index (χ4n) is 3.98. The SMILES string of the molecule is CC(CNCCC(F)(F)F)S(=O)(=O)NC(=O)Nc1c2c(cc3c1CCC3)CCC2. The fraction of sp³-hybridized carbons (Fsp3) is 0.632. The molecule has 0 radical (unpaired) electrons. The highest BCUT2D eigenvalue weighted by Crippen LogP contribution is 2.38. The summed E-state index contributed by atoms with van der Waals surface area (Å²) in [5, 5.41) is 4.15. The van der Waals surface area contributed by atoms with E-state index in [1.807, 2.05) is 4.72 Å². The van der Waals surface area contributed by atoms with E-state index in [2.05, 4.69) is 16.7 Å². The third kappa shape index (κ3) is 5.42. The standard InChI is InChI=1S/C19H26F3N3O3S/c1-12(11-23-9-8-19(20,21)22)29(27,28)25-18(26)24-17-15-6-2-4-13(15)10-14-5-3-7-16(14)17/h10,12,23H,2-9,11H2,1H3,(H2,24,25,26). The number of hydrogen-bond acceptors (Lipinski definition) is 4. The van der Waals surface area contributed by atoms with Crippen LogP contribution in [0.2, 0.25) is 0 Å². The monoisotopic (exact) mass is 433 g/mol. The van der Waals surface area contributed by atoms with Crippen LogP contribution in [0.4, 0.5) is 23.7 Å². The van der Waals surface area contributed by atoms with E-state index in [0.29, 0.717) is 0 Å². The topological polar surface area (TPSA) is 87.3 Å². The quantitative estimate of drug-likeness (QED) is 0.577. The smallest absolute Gasteiger partial charge is 0.315 e. The molecule has 3 rings (SSSR count). The number of rotatable bonds is 7. The van der Waals surface area contributed by atoms with Crippen molar-refractivity contribution in [3.05, 3.63) is 28.3 Å². The first-order valence-electron chi connectivity index (χ1n) is 9.83. The van der Waals surface area contributed by atoms with Crippen molar-refractivity contribution in [2.24, 2.45) is 0 Å². The zero-order valence-corrected chi connectivity index (χ0v) is 17.1. The predicted octanol–water partition coefficient (Wildman–Crippen LogP) is 3.05. The Labute approximate surface area is 168 Å². The Hall–Kier alpha value is -1.81. The summed E-state index contributed by atoms with van der Waals surface area (Å²) < 4.78 is 63.2. The van der Waals surface area contributed by atoms with Gasteiger partial charge in [-0.1, -0.05) is 6.07 Å². The van der Waals surface area contributed by atoms with Gasteiger partial charge in [0.1, 0.15) is 0 Å². The van der Waals surface area contributed by atoms with Crippen molar-refractivity contribution in [1.29, 1.82) is 0 Å². The van der Waals surface area contributed by atoms with Crippen LogP contribution in [0.15, 0.2) is 6.07 Å². The zero-order valence-electron chi connectivity index (χ0n) is 16.3. The number of hydrogen-bond donors (Lipinski definition) is 3. The molecule has 162 valence electrons. The Morgan fingerprint density at radius 3 is 2.24 bits per heavy atom. The van der Waals surface area contributed by atoms with Crippen LogP contribution in [0, 0.1) is 0 Å². The molecule has 2 aliphatic rings. The molecule has 6 nitrogen and oxygen atoms in total. The predicted molar refractivity (Wildman–Crippen MR) is 105 cm³/mol. The number of nitrogens with one attached hydrogen (secondary N) is 3. The first-order valence-corrected chi connectivity index (χ1v) is 11.4. The number of benzene rings is 1. The molecule has 0 spiro atoms. The van der Waals surface area contributed by atoms with E-state index in [-0.39, 0.29) is 13.1 Å². The Bertz CT molecular complexity index is 853. The van der Waals surface area contributed by atoms with Crippen molar-refractivity contribution in [3.63, 3.8) is 0 Å². The first kappa shape index (κ1) is 21.9. The summed E-state index contributed by atoms with van der Waals surface area (Å²) in [6.45, 7) is 0.779. The molecular formula is C19H26F3N3O3S. The van der Waals surface area contributed by atoms with Crippen molar-refractivity contribution in [2.75, 3.05) is 18.4 Å². The van der Waals surface area contributed by atoms with Crippen molar-refractivity contribution < 1.29 is 26.4 Å². The Morgan fingerprint density at radius 1 is 1.10 bits per heavy atom. The summed E-state index contributed by atoms with van der Waals surface area (Å²) in [5.74, 6) is 0. The number of fused-ring (bicyclic) bond motifs is 2. The van der Waals surface area contributed by atoms with E-state index in [4.69, 9.17) is 0 Å². The highest BCUT2D eigenvalue weighted by atomic mass is 32.2. The van der Waals surface area contributed by atoms with E-state index >= 15 is 0 Å². The minimum Gasteiger partial charge on any atom is -0.315 e. The Morgan fingerprint density at radius 2 is 1.69 bits per heavy atom. The number of anilines is 1. The van der Waals surface area contributed by atoms with Crippen LogP contribution in [0.25, 0.3) is 0 Å². The van der Waals surface area contributed by atoms with E-state index in [1.54, 1.807) is 0 Å². The van der Waals surface area contributed by atoms with Gasteiger partial charge in [-0.2, -0.15) is 13.2 Å². The van der Waals surface area contributed by atoms with Crippen LogP contribution in [-0.2, 0) is 35.7 Å². The van der Waals surface area contributed by atoms with Crippen molar-refractivity contribution >= 4 is 21.7 Å². The number of urea groups is 1. The molecule has 1 aromatic rings. The average molecular weight is 433 g/mol. The van der Waals surface area contributed by atoms with Gasteiger partial charge in [-0.15, -0.1) is 0 Å². The maximum atomic E-state index is 12.4. The molecule has 2 amide bonds. The lowest BCUT2D eigenvalue weighted by atomic mass is 9.99. The number of sulfonamides is 1. The number of carbonyl (C=O) groups excluding carboxylic acids is 1. The highest BCUT2D eigenvalue weighted by Gasteiger charge is 2.29. The van der Waals surface area contributed by atoms with Crippen molar-refractivity contribution in [3.8, 4) is 0 Å². The second kappa shape index (κ2) is 8.51. The molecular weight excluding hydrogens is 407 g/mol. The third-order valence-electron chi connectivity index (χ3n) is 5.49. The number of halogens is 3. The summed E-state index contributed by atoms with van der Waals surface area (Å²) in [6.07, 6.45) is 0.285. The summed E-state index contributed by atoms with van der Waals surface area (Å²) in [4.78, 5) is 12.4. The lowest BCUT2D eigenvalue weighted by Gasteiger charge is -2.18. The van der Waals surface area contributed by atoms with E-state index in [1.165, 1.54) is 18.1 Å². The maximum Gasteiger partial charge on any atom is 0.390 e. The van der Waals surface area contributed by atoms with Gasteiger partial charge in [-0.05, 0) is 67.7 Å². The molecule has 2 aliphatic carbocycles. The molecule has 0 heterocycles. The first-order chi connectivity index (χ1) is 13.6. The molecule has 1 aromatic carbocycles. The van der Waals surface area contributed by atoms with Crippen molar-refractivity contribution in [1.82, 2.24) is 10.0 Å². The molecule has 3 N–H and O–H groups in total. The van der Waals surface area contributed by atoms with Gasteiger partial charge in [0.15, 0.2) is 0 Å². The lowest BCUT2D eigenvalue weighted by Crippen LogP contribution is -2.43. The molecule has 1 unspecified atom stereocenters. The van der Waals surface area contributed by atoms with Crippen LogP contribution in [0.1, 0.15) is 48.4 Å². The van der Waals surface area contributed by atoms with E-state index in [9.17, 15) is 26.4 Å². The highest BCUT2D eigenvalue weighted by molar-refractivity contribution is 7.90. The largest absolute Gasteiger partial charge is 0.390 e. The minimum absolute atomic E-state index is 0.186. The maximum absolute atomic E-state index is 12.4. The van der Waals surface area contributed by atoms with Gasteiger partial charge >= 0.3 is 12.2 Å². The van der Waals surface area contributed by atoms with Crippen LogP contribution in [0.3, 0.4) is 0 Å². The number of aryl methyl sites for hydroxylation is 2. The number of amides is 2. The second-order valence-electron chi connectivity index (χ2n) is 7.72. The third-order valence-corrected chi connectivity index (χ3v) is 7.19. The van der Waals surface area contributed by atoms with Crippen LogP contribution < -0.4 is 15.4 Å². The van der Waals surface area contributed by atoms with Crippen molar-refractivity contribution in [2.45, 2.75) is 63.3 Å². The molecule has 0 fully saturated rings.